The fourth-order valence-corrected chi connectivity index (χ4v) is 3.95. The maximum absolute atomic E-state index is 13.0. The Balaban J connectivity index is 1.75. The van der Waals surface area contributed by atoms with Crippen LogP contribution in [0, 0.1) is 0 Å². The number of ether oxygens (including phenoxy) is 2. The number of aromatic nitrogens is 4. The van der Waals surface area contributed by atoms with Gasteiger partial charge in [0.25, 0.3) is 0 Å². The number of allylic oxidation sites excluding steroid dienone is 1. The summed E-state index contributed by atoms with van der Waals surface area (Å²) in [4.78, 5) is 13.0. The number of tetrazole rings is 1. The van der Waals surface area contributed by atoms with Crippen molar-refractivity contribution in [2.75, 3.05) is 11.9 Å². The molecule has 0 spiro atoms. The summed E-state index contributed by atoms with van der Waals surface area (Å²) in [6.07, 6.45) is 0.721. The summed E-state index contributed by atoms with van der Waals surface area (Å²) in [6.45, 7) is 4.41. The third kappa shape index (κ3) is 4.63. The van der Waals surface area contributed by atoms with Crippen LogP contribution in [-0.4, -0.2) is 32.8 Å². The van der Waals surface area contributed by atoms with Gasteiger partial charge in [0.05, 0.1) is 12.2 Å². The number of esters is 1. The highest BCUT2D eigenvalue weighted by atomic mass is 79.9. The summed E-state index contributed by atoms with van der Waals surface area (Å²) < 4.78 is 14.0. The minimum absolute atomic E-state index is 0.323. The van der Waals surface area contributed by atoms with Crippen LogP contribution in [0.15, 0.2) is 58.2 Å². The van der Waals surface area contributed by atoms with Gasteiger partial charge < -0.3 is 14.8 Å². The minimum atomic E-state index is -0.622. The molecule has 0 fully saturated rings. The molecule has 4 rings (SSSR count). The van der Waals surface area contributed by atoms with Crippen molar-refractivity contribution in [3.8, 4) is 5.75 Å². The zero-order valence-electron chi connectivity index (χ0n) is 17.5. The maximum atomic E-state index is 13.0. The van der Waals surface area contributed by atoms with E-state index in [9.17, 15) is 4.79 Å². The van der Waals surface area contributed by atoms with Crippen LogP contribution in [0.25, 0.3) is 0 Å². The zero-order chi connectivity index (χ0) is 22.7. The fraction of sp³-hybridized carbons (Fsp3) is 0.273. The monoisotopic (exact) mass is 517 g/mol. The van der Waals surface area contributed by atoms with Crippen molar-refractivity contribution in [2.45, 2.75) is 32.9 Å². The van der Waals surface area contributed by atoms with Crippen molar-refractivity contribution in [2.24, 2.45) is 0 Å². The number of fused-ring (bicyclic) bond motifs is 1. The summed E-state index contributed by atoms with van der Waals surface area (Å²) in [5, 5.41) is 15.7. The van der Waals surface area contributed by atoms with Gasteiger partial charge in [-0.2, -0.15) is 4.68 Å². The van der Waals surface area contributed by atoms with Gasteiger partial charge in [0.1, 0.15) is 18.4 Å². The summed E-state index contributed by atoms with van der Waals surface area (Å²) >= 11 is 9.52. The Hall–Kier alpha value is -2.91. The topological polar surface area (TPSA) is 91.2 Å². The first kappa shape index (κ1) is 22.3. The molecule has 2 heterocycles. The number of rotatable bonds is 7. The second-order valence-electron chi connectivity index (χ2n) is 7.25. The Labute approximate surface area is 198 Å². The lowest BCUT2D eigenvalue weighted by Gasteiger charge is -2.28. The molecule has 0 saturated carbocycles. The predicted molar refractivity (Wildman–Crippen MR) is 123 cm³/mol. The molecule has 0 aliphatic carbocycles. The molecule has 0 saturated heterocycles. The third-order valence-corrected chi connectivity index (χ3v) is 5.69. The maximum Gasteiger partial charge on any atom is 0.338 e. The Kier molecular flexibility index (Phi) is 6.76. The van der Waals surface area contributed by atoms with Crippen LogP contribution in [0.1, 0.15) is 37.4 Å². The van der Waals surface area contributed by atoms with Gasteiger partial charge in [-0.15, -0.1) is 0 Å². The average Bonchev–Trinajstić information content (AvgIpc) is 3.24. The second kappa shape index (κ2) is 9.70. The van der Waals surface area contributed by atoms with Gasteiger partial charge in [-0.05, 0) is 59.7 Å². The number of hydrogen-bond donors (Lipinski definition) is 1. The Morgan fingerprint density at radius 2 is 2.03 bits per heavy atom. The van der Waals surface area contributed by atoms with Gasteiger partial charge >= 0.3 is 5.97 Å². The Morgan fingerprint density at radius 1 is 1.25 bits per heavy atom. The highest BCUT2D eigenvalue weighted by molar-refractivity contribution is 9.10. The highest BCUT2D eigenvalue weighted by Crippen LogP contribution is 2.40. The molecular weight excluding hydrogens is 498 g/mol. The standard InChI is InChI=1S/C22H21BrClN5O3/c1-3-10-31-21(30)19-13(2)25-22-26-27-28-29(22)20(19)17-11-15(23)6-9-18(17)32-12-14-4-7-16(24)8-5-14/h4-9,11,20H,3,10,12H2,1-2H3,(H,25,26,28). The lowest BCUT2D eigenvalue weighted by Crippen LogP contribution is -2.30. The van der Waals surface area contributed by atoms with Crippen LogP contribution in [0.3, 0.4) is 0 Å². The van der Waals surface area contributed by atoms with Crippen molar-refractivity contribution in [3.05, 3.63) is 74.4 Å². The normalized spacial score (nSPS) is 15.2. The first-order valence-electron chi connectivity index (χ1n) is 10.1. The zero-order valence-corrected chi connectivity index (χ0v) is 19.9. The van der Waals surface area contributed by atoms with Crippen molar-refractivity contribution >= 4 is 39.4 Å². The van der Waals surface area contributed by atoms with Crippen molar-refractivity contribution < 1.29 is 14.3 Å². The molecule has 0 radical (unpaired) electrons. The molecular formula is C22H21BrClN5O3. The quantitative estimate of drug-likeness (QED) is 0.444. The molecule has 1 N–H and O–H groups in total. The van der Waals surface area contributed by atoms with E-state index < -0.39 is 12.0 Å². The molecule has 0 amide bonds. The molecule has 32 heavy (non-hydrogen) atoms. The molecule has 166 valence electrons. The lowest BCUT2D eigenvalue weighted by atomic mass is 9.95. The molecule has 10 heteroatoms. The van der Waals surface area contributed by atoms with Crippen molar-refractivity contribution in [1.82, 2.24) is 20.2 Å². The molecule has 1 aliphatic heterocycles. The number of carbonyl (C=O) groups is 1. The van der Waals surface area contributed by atoms with E-state index in [1.165, 1.54) is 0 Å². The van der Waals surface area contributed by atoms with E-state index in [2.05, 4.69) is 36.8 Å². The highest BCUT2D eigenvalue weighted by Gasteiger charge is 2.36. The minimum Gasteiger partial charge on any atom is -0.489 e. The van der Waals surface area contributed by atoms with Crippen molar-refractivity contribution in [1.29, 1.82) is 0 Å². The number of nitrogens with zero attached hydrogens (tertiary/aromatic N) is 4. The van der Waals surface area contributed by atoms with E-state index in [4.69, 9.17) is 21.1 Å². The summed E-state index contributed by atoms with van der Waals surface area (Å²) in [6, 6.07) is 12.5. The smallest absolute Gasteiger partial charge is 0.338 e. The van der Waals surface area contributed by atoms with E-state index in [0.29, 0.717) is 41.2 Å². The van der Waals surface area contributed by atoms with E-state index >= 15 is 0 Å². The molecule has 0 bridgehead atoms. The lowest BCUT2D eigenvalue weighted by molar-refractivity contribution is -0.139. The first-order valence-corrected chi connectivity index (χ1v) is 11.2. The predicted octanol–water partition coefficient (Wildman–Crippen LogP) is 4.91. The van der Waals surface area contributed by atoms with Gasteiger partial charge in [-0.3, -0.25) is 0 Å². The van der Waals surface area contributed by atoms with Crippen LogP contribution in [0.2, 0.25) is 5.02 Å². The number of benzene rings is 2. The summed E-state index contributed by atoms with van der Waals surface area (Å²) in [5.74, 6) is 0.611. The average molecular weight is 519 g/mol. The molecule has 1 aromatic heterocycles. The van der Waals surface area contributed by atoms with Gasteiger partial charge in [-0.1, -0.05) is 51.7 Å². The van der Waals surface area contributed by atoms with Crippen molar-refractivity contribution in [3.63, 3.8) is 0 Å². The van der Waals surface area contributed by atoms with Gasteiger partial charge in [-0.25, -0.2) is 4.79 Å². The summed E-state index contributed by atoms with van der Waals surface area (Å²) in [7, 11) is 0. The fourth-order valence-electron chi connectivity index (χ4n) is 3.44. The van der Waals surface area contributed by atoms with E-state index in [1.54, 1.807) is 11.6 Å². The number of halogens is 2. The van der Waals surface area contributed by atoms with Gasteiger partial charge in [0.15, 0.2) is 0 Å². The largest absolute Gasteiger partial charge is 0.489 e. The van der Waals surface area contributed by atoms with E-state index in [0.717, 1.165) is 22.0 Å². The summed E-state index contributed by atoms with van der Waals surface area (Å²) in [5.41, 5.74) is 2.74. The van der Waals surface area contributed by atoms with Gasteiger partial charge in [0, 0.05) is 20.8 Å². The second-order valence-corrected chi connectivity index (χ2v) is 8.60. The van der Waals surface area contributed by atoms with E-state index in [-0.39, 0.29) is 0 Å². The van der Waals surface area contributed by atoms with Crippen LogP contribution in [-0.2, 0) is 16.1 Å². The number of nitrogens with one attached hydrogen (secondary N) is 1. The molecule has 8 nitrogen and oxygen atoms in total. The Morgan fingerprint density at radius 3 is 2.78 bits per heavy atom. The first-order chi connectivity index (χ1) is 15.5. The van der Waals surface area contributed by atoms with Crippen LogP contribution < -0.4 is 10.1 Å². The number of anilines is 1. The Bertz CT molecular complexity index is 1160. The molecule has 1 atom stereocenters. The number of hydrogen-bond acceptors (Lipinski definition) is 7. The molecule has 1 aliphatic rings. The molecule has 2 aromatic carbocycles. The van der Waals surface area contributed by atoms with Crippen LogP contribution in [0.4, 0.5) is 5.95 Å². The van der Waals surface area contributed by atoms with Gasteiger partial charge in [0.2, 0.25) is 5.95 Å². The molecule has 1 unspecified atom stereocenters. The SMILES string of the molecule is CCCOC(=O)C1=C(C)Nc2nnnn2C1c1cc(Br)ccc1OCc1ccc(Cl)cc1. The molecule has 3 aromatic rings. The third-order valence-electron chi connectivity index (χ3n) is 4.95. The van der Waals surface area contributed by atoms with E-state index in [1.807, 2.05) is 49.4 Å². The number of carbonyl (C=O) groups excluding carboxylic acids is 1. The van der Waals surface area contributed by atoms with Crippen LogP contribution in [0.5, 0.6) is 5.75 Å². The van der Waals surface area contributed by atoms with Crippen LogP contribution >= 0.6 is 27.5 Å².